The van der Waals surface area contributed by atoms with Crippen LogP contribution in [0.1, 0.15) is 6.42 Å². The summed E-state index contributed by atoms with van der Waals surface area (Å²) in [4.78, 5) is 11.5. The SMILES string of the molecule is CNCCC(=O)Nc1nnc(-c2cccc(Cl)c2)s1. The fourth-order valence-corrected chi connectivity index (χ4v) is 2.38. The van der Waals surface area contributed by atoms with E-state index in [1.165, 1.54) is 11.3 Å². The van der Waals surface area contributed by atoms with Crippen LogP contribution in [0.3, 0.4) is 0 Å². The van der Waals surface area contributed by atoms with Crippen molar-refractivity contribution in [3.05, 3.63) is 29.3 Å². The molecule has 19 heavy (non-hydrogen) atoms. The minimum atomic E-state index is -0.0804. The molecular weight excluding hydrogens is 284 g/mol. The Labute approximate surface area is 120 Å². The minimum absolute atomic E-state index is 0.0804. The quantitative estimate of drug-likeness (QED) is 0.889. The van der Waals surface area contributed by atoms with Crippen LogP contribution < -0.4 is 10.6 Å². The summed E-state index contributed by atoms with van der Waals surface area (Å²) in [7, 11) is 1.80. The number of rotatable bonds is 5. The largest absolute Gasteiger partial charge is 0.319 e. The van der Waals surface area contributed by atoms with Crippen LogP contribution in [0.4, 0.5) is 5.13 Å². The lowest BCUT2D eigenvalue weighted by atomic mass is 10.2. The molecule has 0 spiro atoms. The number of halogens is 1. The highest BCUT2D eigenvalue weighted by Crippen LogP contribution is 2.27. The number of aromatic nitrogens is 2. The van der Waals surface area contributed by atoms with E-state index in [1.807, 2.05) is 18.2 Å². The smallest absolute Gasteiger partial charge is 0.227 e. The summed E-state index contributed by atoms with van der Waals surface area (Å²) in [6.45, 7) is 0.631. The Hall–Kier alpha value is -1.50. The van der Waals surface area contributed by atoms with E-state index in [0.29, 0.717) is 23.1 Å². The predicted molar refractivity (Wildman–Crippen MR) is 77.5 cm³/mol. The van der Waals surface area contributed by atoms with Gasteiger partial charge in [-0.1, -0.05) is 35.1 Å². The number of carbonyl (C=O) groups is 1. The van der Waals surface area contributed by atoms with Gasteiger partial charge in [0.25, 0.3) is 0 Å². The highest BCUT2D eigenvalue weighted by atomic mass is 35.5. The van der Waals surface area contributed by atoms with Gasteiger partial charge >= 0.3 is 0 Å². The van der Waals surface area contributed by atoms with Crippen LogP contribution in [-0.2, 0) is 4.79 Å². The van der Waals surface area contributed by atoms with Gasteiger partial charge in [-0.2, -0.15) is 0 Å². The molecule has 0 saturated heterocycles. The second kappa shape index (κ2) is 6.60. The summed E-state index contributed by atoms with van der Waals surface area (Å²) in [5.74, 6) is -0.0804. The Morgan fingerprint density at radius 3 is 3.00 bits per heavy atom. The molecule has 2 aromatic rings. The third-order valence-electron chi connectivity index (χ3n) is 2.34. The molecule has 100 valence electrons. The van der Waals surface area contributed by atoms with E-state index in [0.717, 1.165) is 10.6 Å². The van der Waals surface area contributed by atoms with Gasteiger partial charge in [-0.15, -0.1) is 10.2 Å². The average molecular weight is 297 g/mol. The molecule has 0 aliphatic carbocycles. The van der Waals surface area contributed by atoms with Crippen LogP contribution in [0.2, 0.25) is 5.02 Å². The minimum Gasteiger partial charge on any atom is -0.319 e. The lowest BCUT2D eigenvalue weighted by Crippen LogP contribution is -2.18. The number of hydrogen-bond donors (Lipinski definition) is 2. The molecule has 0 saturated carbocycles. The van der Waals surface area contributed by atoms with E-state index in [1.54, 1.807) is 13.1 Å². The Kier molecular flexibility index (Phi) is 4.84. The lowest BCUT2D eigenvalue weighted by molar-refractivity contribution is -0.116. The van der Waals surface area contributed by atoms with E-state index in [2.05, 4.69) is 20.8 Å². The molecule has 0 aliphatic rings. The van der Waals surface area contributed by atoms with Gasteiger partial charge in [-0.25, -0.2) is 0 Å². The highest BCUT2D eigenvalue weighted by molar-refractivity contribution is 7.18. The standard InChI is InChI=1S/C12H13ClN4OS/c1-14-6-5-10(18)15-12-17-16-11(19-12)8-3-2-4-9(13)7-8/h2-4,7,14H,5-6H2,1H3,(H,15,17,18). The Balaban J connectivity index is 2.05. The summed E-state index contributed by atoms with van der Waals surface area (Å²) < 4.78 is 0. The van der Waals surface area contributed by atoms with Crippen molar-refractivity contribution in [1.82, 2.24) is 15.5 Å². The third-order valence-corrected chi connectivity index (χ3v) is 3.47. The van der Waals surface area contributed by atoms with Crippen molar-refractivity contribution in [2.45, 2.75) is 6.42 Å². The molecule has 2 rings (SSSR count). The van der Waals surface area contributed by atoms with Crippen LogP contribution in [0.5, 0.6) is 0 Å². The monoisotopic (exact) mass is 296 g/mol. The van der Waals surface area contributed by atoms with Crippen molar-refractivity contribution in [3.63, 3.8) is 0 Å². The lowest BCUT2D eigenvalue weighted by Gasteiger charge is -1.99. The van der Waals surface area contributed by atoms with E-state index >= 15 is 0 Å². The number of benzene rings is 1. The summed E-state index contributed by atoms with van der Waals surface area (Å²) >= 11 is 7.25. The number of hydrogen-bond acceptors (Lipinski definition) is 5. The van der Waals surface area contributed by atoms with Crippen molar-refractivity contribution >= 4 is 34.0 Å². The summed E-state index contributed by atoms with van der Waals surface area (Å²) in [5.41, 5.74) is 0.890. The first kappa shape index (κ1) is 13.9. The molecule has 0 unspecified atom stereocenters. The maximum atomic E-state index is 11.5. The molecule has 1 aromatic carbocycles. The molecule has 0 radical (unpaired) electrons. The van der Waals surface area contributed by atoms with E-state index in [-0.39, 0.29) is 5.91 Å². The van der Waals surface area contributed by atoms with Crippen molar-refractivity contribution < 1.29 is 4.79 Å². The Morgan fingerprint density at radius 2 is 2.26 bits per heavy atom. The second-order valence-electron chi connectivity index (χ2n) is 3.82. The summed E-state index contributed by atoms with van der Waals surface area (Å²) in [6.07, 6.45) is 0.405. The molecule has 1 heterocycles. The fourth-order valence-electron chi connectivity index (χ4n) is 1.43. The molecule has 5 nitrogen and oxygen atoms in total. The number of nitrogens with zero attached hydrogens (tertiary/aromatic N) is 2. The average Bonchev–Trinajstić information content (AvgIpc) is 2.85. The molecule has 2 N–H and O–H groups in total. The van der Waals surface area contributed by atoms with Crippen molar-refractivity contribution in [1.29, 1.82) is 0 Å². The molecule has 1 aromatic heterocycles. The predicted octanol–water partition coefficient (Wildman–Crippen LogP) is 2.41. The van der Waals surface area contributed by atoms with Gasteiger partial charge in [0.1, 0.15) is 5.01 Å². The van der Waals surface area contributed by atoms with Crippen molar-refractivity contribution in [2.75, 3.05) is 18.9 Å². The van der Waals surface area contributed by atoms with Gasteiger partial charge in [0.15, 0.2) is 0 Å². The number of amides is 1. The Morgan fingerprint density at radius 1 is 1.42 bits per heavy atom. The first-order valence-electron chi connectivity index (χ1n) is 5.73. The van der Waals surface area contributed by atoms with Crippen LogP contribution >= 0.6 is 22.9 Å². The van der Waals surface area contributed by atoms with Crippen LogP contribution in [-0.4, -0.2) is 29.7 Å². The van der Waals surface area contributed by atoms with Gasteiger partial charge in [0, 0.05) is 23.6 Å². The summed E-state index contributed by atoms with van der Waals surface area (Å²) in [5, 5.41) is 15.5. The van der Waals surface area contributed by atoms with Crippen LogP contribution in [0.15, 0.2) is 24.3 Å². The molecule has 1 amide bonds. The number of carbonyl (C=O) groups excluding carboxylic acids is 1. The molecule has 0 atom stereocenters. The molecule has 0 fully saturated rings. The van der Waals surface area contributed by atoms with Gasteiger partial charge in [0.05, 0.1) is 0 Å². The summed E-state index contributed by atoms with van der Waals surface area (Å²) in [6, 6.07) is 7.37. The second-order valence-corrected chi connectivity index (χ2v) is 5.24. The highest BCUT2D eigenvalue weighted by Gasteiger charge is 2.09. The normalized spacial score (nSPS) is 10.4. The van der Waals surface area contributed by atoms with Gasteiger partial charge in [0.2, 0.25) is 11.0 Å². The maximum Gasteiger partial charge on any atom is 0.227 e. The Bertz CT molecular complexity index is 572. The van der Waals surface area contributed by atoms with E-state index in [4.69, 9.17) is 11.6 Å². The maximum absolute atomic E-state index is 11.5. The zero-order valence-corrected chi connectivity index (χ0v) is 11.9. The van der Waals surface area contributed by atoms with Gasteiger partial charge in [-0.3, -0.25) is 4.79 Å². The van der Waals surface area contributed by atoms with Crippen LogP contribution in [0.25, 0.3) is 10.6 Å². The number of nitrogens with one attached hydrogen (secondary N) is 2. The van der Waals surface area contributed by atoms with Gasteiger partial charge in [-0.05, 0) is 19.2 Å². The zero-order valence-electron chi connectivity index (χ0n) is 10.3. The zero-order chi connectivity index (χ0) is 13.7. The first-order chi connectivity index (χ1) is 9.19. The molecule has 7 heteroatoms. The molecule has 0 bridgehead atoms. The van der Waals surface area contributed by atoms with Crippen molar-refractivity contribution in [3.8, 4) is 10.6 Å². The molecule has 0 aliphatic heterocycles. The van der Waals surface area contributed by atoms with Crippen LogP contribution in [0, 0.1) is 0 Å². The van der Waals surface area contributed by atoms with E-state index < -0.39 is 0 Å². The number of anilines is 1. The molecular formula is C12H13ClN4OS. The fraction of sp³-hybridized carbons (Fsp3) is 0.250. The third kappa shape index (κ3) is 3.99. The van der Waals surface area contributed by atoms with E-state index in [9.17, 15) is 4.79 Å². The topological polar surface area (TPSA) is 66.9 Å². The first-order valence-corrected chi connectivity index (χ1v) is 6.92. The van der Waals surface area contributed by atoms with Gasteiger partial charge < -0.3 is 10.6 Å². The van der Waals surface area contributed by atoms with Crippen molar-refractivity contribution in [2.24, 2.45) is 0 Å².